The van der Waals surface area contributed by atoms with Crippen LogP contribution >= 0.6 is 0 Å². The third-order valence-electron chi connectivity index (χ3n) is 10.5. The first-order chi connectivity index (χ1) is 17.0. The van der Waals surface area contributed by atoms with Crippen LogP contribution in [0.2, 0.25) is 0 Å². The molecule has 3 fully saturated rings. The lowest BCUT2D eigenvalue weighted by atomic mass is 9.42. The van der Waals surface area contributed by atoms with Gasteiger partial charge in [0.1, 0.15) is 29.5 Å². The molecule has 10 atom stereocenters. The Bertz CT molecular complexity index is 1030. The molecule has 0 radical (unpaired) electrons. The molecule has 9 nitrogen and oxygen atoms in total. The van der Waals surface area contributed by atoms with Crippen LogP contribution < -0.4 is 0 Å². The van der Waals surface area contributed by atoms with Gasteiger partial charge in [-0.2, -0.15) is 0 Å². The van der Waals surface area contributed by atoms with Crippen molar-refractivity contribution in [2.24, 2.45) is 28.6 Å². The van der Waals surface area contributed by atoms with Crippen LogP contribution in [-0.2, 0) is 33.3 Å². The molecule has 208 valence electrons. The van der Waals surface area contributed by atoms with Gasteiger partial charge in [-0.15, -0.1) is 0 Å². The minimum atomic E-state index is -1.51. The summed E-state index contributed by atoms with van der Waals surface area (Å²) in [7, 11) is 2.99. The van der Waals surface area contributed by atoms with E-state index in [1.165, 1.54) is 21.0 Å². The van der Waals surface area contributed by atoms with E-state index in [9.17, 15) is 24.6 Å². The van der Waals surface area contributed by atoms with E-state index in [-0.39, 0.29) is 24.6 Å². The highest BCUT2D eigenvalue weighted by molar-refractivity contribution is 5.97. The molecule has 4 aliphatic rings. The maximum atomic E-state index is 14.6. The van der Waals surface area contributed by atoms with E-state index in [1.807, 2.05) is 27.7 Å². The lowest BCUT2D eigenvalue weighted by Gasteiger charge is -2.68. The summed E-state index contributed by atoms with van der Waals surface area (Å²) in [5, 5.41) is 24.6. The minimum absolute atomic E-state index is 0.0450. The van der Waals surface area contributed by atoms with Crippen molar-refractivity contribution in [1.29, 1.82) is 0 Å². The Balaban J connectivity index is 1.95. The number of fused-ring (bicyclic) bond motifs is 5. The number of carbonyl (C=O) groups is 3. The molecule has 1 heterocycles. The van der Waals surface area contributed by atoms with Gasteiger partial charge in [0.25, 0.3) is 0 Å². The van der Waals surface area contributed by atoms with Gasteiger partial charge in [0.2, 0.25) is 0 Å². The third-order valence-corrected chi connectivity index (χ3v) is 10.5. The van der Waals surface area contributed by atoms with E-state index in [0.717, 1.165) is 0 Å². The summed E-state index contributed by atoms with van der Waals surface area (Å²) in [6, 6.07) is 0. The number of Topliss-reactive ketones (excluding diaryl/α,β-unsaturated/α-hetero) is 2. The molecule has 0 aromatic heterocycles. The van der Waals surface area contributed by atoms with Crippen LogP contribution in [0.15, 0.2) is 11.1 Å². The molecule has 0 aromatic carbocycles. The van der Waals surface area contributed by atoms with Crippen LogP contribution in [0.1, 0.15) is 61.3 Å². The molecule has 0 spiro atoms. The maximum Gasteiger partial charge on any atom is 0.316 e. The van der Waals surface area contributed by atoms with E-state index < -0.39 is 70.2 Å². The number of esters is 1. The first kappa shape index (κ1) is 28.4. The van der Waals surface area contributed by atoms with Crippen molar-refractivity contribution >= 4 is 17.5 Å². The predicted molar refractivity (Wildman–Crippen MR) is 132 cm³/mol. The van der Waals surface area contributed by atoms with E-state index in [4.69, 9.17) is 18.9 Å². The molecule has 3 aliphatic carbocycles. The first-order valence-electron chi connectivity index (χ1n) is 13.1. The SMILES string of the molecule is COC1C(=O)[C@]2(C)C(OC)CC3OCC3(O)C2[C@H](C)C2(O)CC(OC(=O)C(C)C(C)=O)C(C)=C1C2(C)C. The van der Waals surface area contributed by atoms with Crippen molar-refractivity contribution in [1.82, 2.24) is 0 Å². The largest absolute Gasteiger partial charge is 0.457 e. The first-order valence-corrected chi connectivity index (χ1v) is 13.1. The molecule has 9 heteroatoms. The summed E-state index contributed by atoms with van der Waals surface area (Å²) in [4.78, 5) is 39.2. The number of rotatable bonds is 5. The lowest BCUT2D eigenvalue weighted by Crippen LogP contribution is -2.79. The smallest absolute Gasteiger partial charge is 0.316 e. The summed E-state index contributed by atoms with van der Waals surface area (Å²) in [5.41, 5.74) is -3.83. The van der Waals surface area contributed by atoms with E-state index in [2.05, 4.69) is 0 Å². The molecular weight excluding hydrogens is 480 g/mol. The fourth-order valence-electron chi connectivity index (χ4n) is 8.03. The number of hydrogen-bond acceptors (Lipinski definition) is 9. The van der Waals surface area contributed by atoms with Gasteiger partial charge < -0.3 is 29.2 Å². The molecule has 8 unspecified atom stereocenters. The molecule has 37 heavy (non-hydrogen) atoms. The average Bonchev–Trinajstić information content (AvgIpc) is 2.82. The summed E-state index contributed by atoms with van der Waals surface area (Å²) in [5.74, 6) is -3.55. The lowest BCUT2D eigenvalue weighted by molar-refractivity contribution is -0.337. The Morgan fingerprint density at radius 2 is 1.76 bits per heavy atom. The second-order valence-corrected chi connectivity index (χ2v) is 12.4. The summed E-state index contributed by atoms with van der Waals surface area (Å²) < 4.78 is 23.3. The van der Waals surface area contributed by atoms with Gasteiger partial charge in [-0.25, -0.2) is 0 Å². The zero-order valence-corrected chi connectivity index (χ0v) is 23.4. The topological polar surface area (TPSA) is 129 Å². The van der Waals surface area contributed by atoms with Gasteiger partial charge in [0.05, 0.1) is 29.8 Å². The maximum absolute atomic E-state index is 14.6. The number of aliphatic hydroxyl groups is 2. The molecular formula is C28H42O9. The molecule has 2 bridgehead atoms. The highest BCUT2D eigenvalue weighted by Crippen LogP contribution is 2.65. The van der Waals surface area contributed by atoms with Crippen LogP contribution in [0.25, 0.3) is 0 Å². The third kappa shape index (κ3) is 3.57. The van der Waals surface area contributed by atoms with E-state index >= 15 is 0 Å². The molecule has 2 saturated carbocycles. The quantitative estimate of drug-likeness (QED) is 0.316. The monoisotopic (exact) mass is 522 g/mol. The summed E-state index contributed by atoms with van der Waals surface area (Å²) in [6.07, 6.45) is -2.63. The number of hydrogen-bond donors (Lipinski definition) is 2. The van der Waals surface area contributed by atoms with Gasteiger partial charge >= 0.3 is 5.97 Å². The normalized spacial score (nSPS) is 45.5. The Labute approximate surface area is 218 Å². The molecule has 4 rings (SSSR count). The average molecular weight is 523 g/mol. The van der Waals surface area contributed by atoms with Crippen molar-refractivity contribution in [2.75, 3.05) is 20.8 Å². The molecule has 1 aliphatic heterocycles. The van der Waals surface area contributed by atoms with Crippen molar-refractivity contribution in [3.63, 3.8) is 0 Å². The van der Waals surface area contributed by atoms with Crippen LogP contribution in [-0.4, -0.2) is 84.2 Å². The number of carbonyl (C=O) groups excluding carboxylic acids is 3. The Morgan fingerprint density at radius 1 is 1.14 bits per heavy atom. The highest BCUT2D eigenvalue weighted by Gasteiger charge is 2.74. The molecule has 0 aromatic rings. The second kappa shape index (κ2) is 8.95. The Morgan fingerprint density at radius 3 is 2.24 bits per heavy atom. The fourth-order valence-corrected chi connectivity index (χ4v) is 8.03. The van der Waals surface area contributed by atoms with Crippen LogP contribution in [0.5, 0.6) is 0 Å². The van der Waals surface area contributed by atoms with E-state index in [0.29, 0.717) is 17.6 Å². The van der Waals surface area contributed by atoms with Gasteiger partial charge in [0, 0.05) is 38.4 Å². The zero-order valence-electron chi connectivity index (χ0n) is 23.4. The van der Waals surface area contributed by atoms with Gasteiger partial charge in [-0.05, 0) is 44.8 Å². The summed E-state index contributed by atoms with van der Waals surface area (Å²) >= 11 is 0. The van der Waals surface area contributed by atoms with Crippen LogP contribution in [0, 0.1) is 28.6 Å². The molecule has 1 saturated heterocycles. The number of ketones is 2. The molecule has 2 N–H and O–H groups in total. The van der Waals surface area contributed by atoms with Gasteiger partial charge in [0.15, 0.2) is 5.78 Å². The van der Waals surface area contributed by atoms with Gasteiger partial charge in [-0.1, -0.05) is 20.8 Å². The van der Waals surface area contributed by atoms with Crippen molar-refractivity contribution in [2.45, 2.75) is 96.9 Å². The number of ether oxygens (including phenoxy) is 4. The Kier molecular flexibility index (Phi) is 6.86. The predicted octanol–water partition coefficient (Wildman–Crippen LogP) is 2.01. The van der Waals surface area contributed by atoms with Crippen molar-refractivity contribution < 1.29 is 43.5 Å². The zero-order chi connectivity index (χ0) is 27.9. The standard InChI is InChI=1S/C28H42O9/c1-13(16(4)29)24(31)37-17-11-28(33)15(3)22-26(7,18(34-8)10-19-27(22,32)12-36-19)23(30)21(35-9)20(14(17)2)25(28,5)6/h13,15,17-19,21-22,32-33H,10-12H2,1-9H3/t13?,15-,17?,18?,19?,21?,22?,26+,27?,28?/m0/s1. The Hall–Kier alpha value is -1.65. The van der Waals surface area contributed by atoms with Crippen molar-refractivity contribution in [3.8, 4) is 0 Å². The number of methoxy groups -OCH3 is 2. The minimum Gasteiger partial charge on any atom is -0.457 e. The fraction of sp³-hybridized carbons (Fsp3) is 0.821. The van der Waals surface area contributed by atoms with Gasteiger partial charge in [-0.3, -0.25) is 14.4 Å². The van der Waals surface area contributed by atoms with Crippen LogP contribution in [0.4, 0.5) is 0 Å². The van der Waals surface area contributed by atoms with Crippen molar-refractivity contribution in [3.05, 3.63) is 11.1 Å². The summed E-state index contributed by atoms with van der Waals surface area (Å²) in [6.45, 7) is 12.1. The molecule has 0 amide bonds. The van der Waals surface area contributed by atoms with Crippen LogP contribution in [0.3, 0.4) is 0 Å². The highest BCUT2D eigenvalue weighted by atomic mass is 16.6. The van der Waals surface area contributed by atoms with E-state index in [1.54, 1.807) is 14.0 Å². The second-order valence-electron chi connectivity index (χ2n) is 12.4.